The molecule has 7 heteroatoms. The van der Waals surface area contributed by atoms with Crippen LogP contribution >= 0.6 is 0 Å². The molecule has 1 aromatic heterocycles. The highest BCUT2D eigenvalue weighted by atomic mass is 16.6. The van der Waals surface area contributed by atoms with Gasteiger partial charge in [-0.05, 0) is 24.5 Å². The third kappa shape index (κ3) is 1.88. The zero-order valence-corrected chi connectivity index (χ0v) is 14.6. The van der Waals surface area contributed by atoms with Gasteiger partial charge in [0.25, 0.3) is 0 Å². The number of fused-ring (bicyclic) bond motifs is 1. The van der Waals surface area contributed by atoms with Gasteiger partial charge in [-0.1, -0.05) is 12.2 Å². The molecule has 0 aromatic carbocycles. The minimum absolute atomic E-state index is 0.226. The maximum Gasteiger partial charge on any atom is 0.334 e. The summed E-state index contributed by atoms with van der Waals surface area (Å²) in [7, 11) is 0. The molecule has 27 heavy (non-hydrogen) atoms. The predicted molar refractivity (Wildman–Crippen MR) is 89.9 cm³/mol. The third-order valence-electron chi connectivity index (χ3n) is 6.96. The molecule has 142 valence electrons. The van der Waals surface area contributed by atoms with Gasteiger partial charge >= 0.3 is 11.9 Å². The van der Waals surface area contributed by atoms with E-state index in [0.717, 1.165) is 5.56 Å². The molecule has 3 heterocycles. The molecule has 5 rings (SSSR count). The number of hydrogen-bond donors (Lipinski definition) is 2. The molecule has 4 aliphatic rings. The smallest absolute Gasteiger partial charge is 0.334 e. The van der Waals surface area contributed by atoms with Crippen LogP contribution in [0.4, 0.5) is 0 Å². The van der Waals surface area contributed by atoms with E-state index in [-0.39, 0.29) is 25.0 Å². The SMILES string of the molecule is C=C1CC2OC(=O)C3=CC(O)CC(C14CC(c1ccoc1)OC4=O)C32CO. The van der Waals surface area contributed by atoms with Crippen LogP contribution in [0.25, 0.3) is 0 Å². The van der Waals surface area contributed by atoms with E-state index >= 15 is 0 Å². The highest BCUT2D eigenvalue weighted by Crippen LogP contribution is 2.67. The fourth-order valence-electron chi connectivity index (χ4n) is 5.69. The molecule has 2 aliphatic heterocycles. The number of esters is 2. The minimum Gasteiger partial charge on any atom is -0.472 e. The van der Waals surface area contributed by atoms with E-state index in [2.05, 4.69) is 6.58 Å². The molecule has 0 bridgehead atoms. The van der Waals surface area contributed by atoms with E-state index in [1.165, 1.54) is 18.6 Å². The second-order valence-corrected chi connectivity index (χ2v) is 7.96. The summed E-state index contributed by atoms with van der Waals surface area (Å²) >= 11 is 0. The Labute approximate surface area is 155 Å². The highest BCUT2D eigenvalue weighted by Gasteiger charge is 2.72. The molecule has 1 saturated carbocycles. The first-order valence-electron chi connectivity index (χ1n) is 9.07. The van der Waals surface area contributed by atoms with E-state index in [1.807, 2.05) is 0 Å². The van der Waals surface area contributed by atoms with Crippen LogP contribution in [-0.2, 0) is 19.1 Å². The zero-order chi connectivity index (χ0) is 19.0. The van der Waals surface area contributed by atoms with Gasteiger partial charge < -0.3 is 24.1 Å². The molecule has 0 amide bonds. The summed E-state index contributed by atoms with van der Waals surface area (Å²) in [5, 5.41) is 20.8. The Balaban J connectivity index is 1.66. The van der Waals surface area contributed by atoms with Gasteiger partial charge in [0, 0.05) is 24.0 Å². The van der Waals surface area contributed by atoms with Crippen molar-refractivity contribution in [1.82, 2.24) is 0 Å². The largest absolute Gasteiger partial charge is 0.472 e. The Hall–Kier alpha value is -2.38. The van der Waals surface area contributed by atoms with Gasteiger partial charge in [0.1, 0.15) is 12.2 Å². The molecule has 2 saturated heterocycles. The number of ether oxygens (including phenoxy) is 2. The second kappa shape index (κ2) is 5.33. The monoisotopic (exact) mass is 372 g/mol. The summed E-state index contributed by atoms with van der Waals surface area (Å²) in [5.74, 6) is -1.50. The molecule has 6 atom stereocenters. The number of hydrogen-bond acceptors (Lipinski definition) is 7. The lowest BCUT2D eigenvalue weighted by atomic mass is 9.47. The van der Waals surface area contributed by atoms with Crippen LogP contribution < -0.4 is 0 Å². The second-order valence-electron chi connectivity index (χ2n) is 7.96. The molecule has 0 radical (unpaired) electrons. The molecule has 6 unspecified atom stereocenters. The number of aliphatic hydroxyl groups excluding tert-OH is 2. The van der Waals surface area contributed by atoms with Gasteiger partial charge in [-0.3, -0.25) is 4.79 Å². The van der Waals surface area contributed by atoms with E-state index in [9.17, 15) is 19.8 Å². The summed E-state index contributed by atoms with van der Waals surface area (Å²) in [4.78, 5) is 25.6. The maximum absolute atomic E-state index is 13.2. The van der Waals surface area contributed by atoms with E-state index in [0.29, 0.717) is 12.0 Å². The molecule has 1 aromatic rings. The molecular weight excluding hydrogens is 352 g/mol. The van der Waals surface area contributed by atoms with Gasteiger partial charge in [0.15, 0.2) is 0 Å². The van der Waals surface area contributed by atoms with Crippen molar-refractivity contribution in [2.75, 3.05) is 6.61 Å². The Bertz CT molecular complexity index is 869. The number of cyclic esters (lactones) is 1. The lowest BCUT2D eigenvalue weighted by Gasteiger charge is -2.54. The van der Waals surface area contributed by atoms with Gasteiger partial charge in [0.2, 0.25) is 0 Å². The van der Waals surface area contributed by atoms with E-state index in [4.69, 9.17) is 13.9 Å². The van der Waals surface area contributed by atoms with Crippen molar-refractivity contribution in [3.63, 3.8) is 0 Å². The van der Waals surface area contributed by atoms with Crippen LogP contribution in [0.15, 0.2) is 46.8 Å². The highest BCUT2D eigenvalue weighted by molar-refractivity contribution is 5.95. The van der Waals surface area contributed by atoms with Crippen LogP contribution in [0.1, 0.15) is 30.9 Å². The molecule has 3 fully saturated rings. The topological polar surface area (TPSA) is 106 Å². The quantitative estimate of drug-likeness (QED) is 0.597. The van der Waals surface area contributed by atoms with Gasteiger partial charge in [-0.2, -0.15) is 0 Å². The standard InChI is InChI=1S/C20H20O7/c1-10-4-16-20(9-21)13(17(23)27-16)5-12(22)6-15(20)19(10)7-14(26-18(19)24)11-2-3-25-8-11/h2-3,5,8,12,14-16,21-22H,1,4,6-7,9H2. The van der Waals surface area contributed by atoms with Crippen molar-refractivity contribution in [2.24, 2.45) is 16.7 Å². The molecule has 2 aliphatic carbocycles. The number of carbonyl (C=O) groups excluding carboxylic acids is 2. The predicted octanol–water partition coefficient (Wildman–Crippen LogP) is 1.43. The summed E-state index contributed by atoms with van der Waals surface area (Å²) < 4.78 is 16.3. The number of furan rings is 1. The zero-order valence-electron chi connectivity index (χ0n) is 14.6. The van der Waals surface area contributed by atoms with Crippen LogP contribution in [0.3, 0.4) is 0 Å². The van der Waals surface area contributed by atoms with E-state index < -0.39 is 47.0 Å². The van der Waals surface area contributed by atoms with Gasteiger partial charge in [-0.15, -0.1) is 0 Å². The fourth-order valence-corrected chi connectivity index (χ4v) is 5.69. The van der Waals surface area contributed by atoms with Crippen molar-refractivity contribution in [2.45, 2.75) is 37.6 Å². The summed E-state index contributed by atoms with van der Waals surface area (Å²) in [5.41, 5.74) is -0.470. The van der Waals surface area contributed by atoms with Gasteiger partial charge in [0.05, 0.1) is 36.1 Å². The number of rotatable bonds is 2. The molecular formula is C20H20O7. The van der Waals surface area contributed by atoms with Crippen LogP contribution in [0.5, 0.6) is 0 Å². The minimum atomic E-state index is -1.09. The van der Waals surface area contributed by atoms with Gasteiger partial charge in [-0.25, -0.2) is 4.79 Å². The summed E-state index contributed by atoms with van der Waals surface area (Å²) in [6.07, 6.45) is 3.37. The maximum atomic E-state index is 13.2. The Kier molecular flexibility index (Phi) is 3.31. The third-order valence-corrected chi connectivity index (χ3v) is 6.96. The molecule has 2 N–H and O–H groups in total. The van der Waals surface area contributed by atoms with Crippen molar-refractivity contribution >= 4 is 11.9 Å². The van der Waals surface area contributed by atoms with Crippen LogP contribution in [-0.4, -0.2) is 41.0 Å². The summed E-state index contributed by atoms with van der Waals surface area (Å²) in [6.45, 7) is 3.80. The van der Waals surface area contributed by atoms with Crippen molar-refractivity contribution < 1.29 is 33.7 Å². The van der Waals surface area contributed by atoms with Crippen molar-refractivity contribution in [1.29, 1.82) is 0 Å². The molecule has 7 nitrogen and oxygen atoms in total. The fraction of sp³-hybridized carbons (Fsp3) is 0.500. The Morgan fingerprint density at radius 3 is 2.81 bits per heavy atom. The van der Waals surface area contributed by atoms with Crippen molar-refractivity contribution in [3.05, 3.63) is 48.0 Å². The first-order chi connectivity index (χ1) is 12.9. The van der Waals surface area contributed by atoms with Crippen molar-refractivity contribution in [3.8, 4) is 0 Å². The van der Waals surface area contributed by atoms with E-state index in [1.54, 1.807) is 6.07 Å². The lowest BCUT2D eigenvalue weighted by molar-refractivity contribution is -0.159. The first-order valence-corrected chi connectivity index (χ1v) is 9.07. The average molecular weight is 372 g/mol. The van der Waals surface area contributed by atoms with Crippen LogP contribution in [0.2, 0.25) is 0 Å². The Morgan fingerprint density at radius 1 is 1.30 bits per heavy atom. The number of carbonyl (C=O) groups is 2. The number of aliphatic hydroxyl groups is 2. The van der Waals surface area contributed by atoms with Crippen LogP contribution in [0, 0.1) is 16.7 Å². The Morgan fingerprint density at radius 2 is 2.11 bits per heavy atom. The summed E-state index contributed by atoms with van der Waals surface area (Å²) in [6, 6.07) is 1.75. The normalized spacial score (nSPS) is 42.7. The lowest BCUT2D eigenvalue weighted by Crippen LogP contribution is -2.59. The first kappa shape index (κ1) is 16.8. The molecule has 1 spiro atoms. The average Bonchev–Trinajstić information content (AvgIpc) is 3.33.